The summed E-state index contributed by atoms with van der Waals surface area (Å²) in [5.41, 5.74) is 4.16. The van der Waals surface area contributed by atoms with E-state index in [0.29, 0.717) is 10.9 Å². The zero-order valence-corrected chi connectivity index (χ0v) is 15.1. The Balaban J connectivity index is 1.60. The van der Waals surface area contributed by atoms with Crippen LogP contribution in [0.15, 0.2) is 53.7 Å². The van der Waals surface area contributed by atoms with E-state index in [-0.39, 0.29) is 0 Å². The SMILES string of the molecule is Cc1cccc(C)c1-n1nnnc1SCc1nnnn1-c1ccccc1. The Morgan fingerprint density at radius 3 is 2.27 bits per heavy atom. The second-order valence-electron chi connectivity index (χ2n) is 5.74. The van der Waals surface area contributed by atoms with Crippen LogP contribution in [-0.4, -0.2) is 40.4 Å². The third kappa shape index (κ3) is 3.08. The van der Waals surface area contributed by atoms with Gasteiger partial charge in [0, 0.05) is 0 Å². The molecule has 2 aromatic carbocycles. The zero-order chi connectivity index (χ0) is 17.9. The first-order valence-corrected chi connectivity index (χ1v) is 9.03. The van der Waals surface area contributed by atoms with Gasteiger partial charge in [-0.2, -0.15) is 9.36 Å². The Bertz CT molecular complexity index is 1000. The molecule has 0 saturated heterocycles. The van der Waals surface area contributed by atoms with Gasteiger partial charge in [-0.25, -0.2) is 0 Å². The predicted octanol–water partition coefficient (Wildman–Crippen LogP) is 2.55. The van der Waals surface area contributed by atoms with Crippen molar-refractivity contribution in [2.75, 3.05) is 0 Å². The Kier molecular flexibility index (Phi) is 4.44. The minimum atomic E-state index is 0.549. The summed E-state index contributed by atoms with van der Waals surface area (Å²) in [5, 5.41) is 24.9. The van der Waals surface area contributed by atoms with Gasteiger partial charge in [-0.15, -0.1) is 10.2 Å². The van der Waals surface area contributed by atoms with Crippen LogP contribution in [0.3, 0.4) is 0 Å². The van der Waals surface area contributed by atoms with E-state index in [1.165, 1.54) is 11.8 Å². The molecule has 0 unspecified atom stereocenters. The second-order valence-corrected chi connectivity index (χ2v) is 6.69. The summed E-state index contributed by atoms with van der Waals surface area (Å²) in [4.78, 5) is 0. The van der Waals surface area contributed by atoms with Crippen LogP contribution in [0.2, 0.25) is 0 Å². The van der Waals surface area contributed by atoms with Gasteiger partial charge in [-0.05, 0) is 58.0 Å². The number of thioether (sulfide) groups is 1. The van der Waals surface area contributed by atoms with Gasteiger partial charge in [0.25, 0.3) is 0 Å². The first kappa shape index (κ1) is 16.4. The van der Waals surface area contributed by atoms with Crippen molar-refractivity contribution in [3.05, 3.63) is 65.5 Å². The van der Waals surface area contributed by atoms with Gasteiger partial charge in [-0.3, -0.25) is 0 Å². The van der Waals surface area contributed by atoms with E-state index >= 15 is 0 Å². The highest BCUT2D eigenvalue weighted by Gasteiger charge is 2.15. The molecule has 0 amide bonds. The Morgan fingerprint density at radius 2 is 1.50 bits per heavy atom. The Morgan fingerprint density at radius 1 is 0.808 bits per heavy atom. The Labute approximate surface area is 154 Å². The van der Waals surface area contributed by atoms with Crippen LogP contribution in [-0.2, 0) is 5.75 Å². The summed E-state index contributed by atoms with van der Waals surface area (Å²) >= 11 is 1.50. The molecule has 2 aromatic heterocycles. The van der Waals surface area contributed by atoms with Crippen LogP contribution >= 0.6 is 11.8 Å². The topological polar surface area (TPSA) is 87.2 Å². The van der Waals surface area contributed by atoms with Gasteiger partial charge in [0.1, 0.15) is 0 Å². The molecular formula is C17H16N8S. The number of aryl methyl sites for hydroxylation is 2. The summed E-state index contributed by atoms with van der Waals surface area (Å²) in [7, 11) is 0. The van der Waals surface area contributed by atoms with Crippen LogP contribution in [0.5, 0.6) is 0 Å². The smallest absolute Gasteiger partial charge is 0.196 e. The number of nitrogens with zero attached hydrogens (tertiary/aromatic N) is 8. The van der Waals surface area contributed by atoms with Gasteiger partial charge in [0.05, 0.1) is 17.1 Å². The minimum absolute atomic E-state index is 0.549. The number of hydrogen-bond acceptors (Lipinski definition) is 7. The van der Waals surface area contributed by atoms with E-state index in [2.05, 4.69) is 57.0 Å². The van der Waals surface area contributed by atoms with E-state index in [1.54, 1.807) is 9.36 Å². The largest absolute Gasteiger partial charge is 0.214 e. The predicted molar refractivity (Wildman–Crippen MR) is 97.3 cm³/mol. The van der Waals surface area contributed by atoms with Crippen LogP contribution in [0.4, 0.5) is 0 Å². The van der Waals surface area contributed by atoms with E-state index < -0.39 is 0 Å². The van der Waals surface area contributed by atoms with E-state index in [9.17, 15) is 0 Å². The zero-order valence-electron chi connectivity index (χ0n) is 14.3. The van der Waals surface area contributed by atoms with Crippen molar-refractivity contribution in [3.63, 3.8) is 0 Å². The van der Waals surface area contributed by atoms with Crippen molar-refractivity contribution in [1.29, 1.82) is 0 Å². The molecule has 0 saturated carbocycles. The van der Waals surface area contributed by atoms with Gasteiger partial charge >= 0.3 is 0 Å². The maximum atomic E-state index is 4.16. The average molecular weight is 364 g/mol. The van der Waals surface area contributed by atoms with Crippen molar-refractivity contribution in [1.82, 2.24) is 40.4 Å². The second kappa shape index (κ2) is 7.04. The van der Waals surface area contributed by atoms with Gasteiger partial charge in [0.15, 0.2) is 5.82 Å². The molecule has 0 N–H and O–H groups in total. The molecule has 0 spiro atoms. The molecule has 2 heterocycles. The average Bonchev–Trinajstić information content (AvgIpc) is 3.30. The number of rotatable bonds is 5. The quantitative estimate of drug-likeness (QED) is 0.503. The monoisotopic (exact) mass is 364 g/mol. The summed E-state index contributed by atoms with van der Waals surface area (Å²) in [6.07, 6.45) is 0. The van der Waals surface area contributed by atoms with Crippen molar-refractivity contribution in [2.45, 2.75) is 24.8 Å². The maximum Gasteiger partial charge on any atom is 0.214 e. The fourth-order valence-corrected chi connectivity index (χ4v) is 3.53. The highest BCUT2D eigenvalue weighted by molar-refractivity contribution is 7.98. The van der Waals surface area contributed by atoms with Crippen molar-refractivity contribution >= 4 is 11.8 Å². The normalized spacial score (nSPS) is 11.0. The fraction of sp³-hybridized carbons (Fsp3) is 0.176. The number of hydrogen-bond donors (Lipinski definition) is 0. The molecule has 4 rings (SSSR count). The van der Waals surface area contributed by atoms with Gasteiger partial charge in [0.2, 0.25) is 5.16 Å². The molecule has 0 fully saturated rings. The molecule has 0 atom stereocenters. The third-order valence-corrected chi connectivity index (χ3v) is 4.87. The van der Waals surface area contributed by atoms with E-state index in [0.717, 1.165) is 28.3 Å². The van der Waals surface area contributed by atoms with Crippen molar-refractivity contribution in [2.24, 2.45) is 0 Å². The number of tetrazole rings is 2. The molecule has 8 nitrogen and oxygen atoms in total. The molecule has 0 aliphatic rings. The van der Waals surface area contributed by atoms with E-state index in [4.69, 9.17) is 0 Å². The van der Waals surface area contributed by atoms with E-state index in [1.807, 2.05) is 36.4 Å². The number of benzene rings is 2. The van der Waals surface area contributed by atoms with Crippen LogP contribution < -0.4 is 0 Å². The molecule has 0 aliphatic carbocycles. The lowest BCUT2D eigenvalue weighted by atomic mass is 10.1. The first-order chi connectivity index (χ1) is 12.7. The Hall–Kier alpha value is -3.07. The molecule has 9 heteroatoms. The maximum absolute atomic E-state index is 4.16. The summed E-state index contributed by atoms with van der Waals surface area (Å²) in [5.74, 6) is 1.28. The summed E-state index contributed by atoms with van der Waals surface area (Å²) in [6.45, 7) is 4.10. The number of para-hydroxylation sites is 2. The summed E-state index contributed by atoms with van der Waals surface area (Å²) in [6, 6.07) is 15.9. The lowest BCUT2D eigenvalue weighted by Crippen LogP contribution is -2.05. The van der Waals surface area contributed by atoms with Crippen LogP contribution in [0, 0.1) is 13.8 Å². The molecule has 26 heavy (non-hydrogen) atoms. The van der Waals surface area contributed by atoms with Gasteiger partial charge < -0.3 is 0 Å². The molecular weight excluding hydrogens is 348 g/mol. The first-order valence-electron chi connectivity index (χ1n) is 8.04. The molecule has 130 valence electrons. The third-order valence-electron chi connectivity index (χ3n) is 3.96. The fourth-order valence-electron chi connectivity index (χ4n) is 2.74. The molecule has 0 aliphatic heterocycles. The molecule has 0 radical (unpaired) electrons. The van der Waals surface area contributed by atoms with Gasteiger partial charge in [-0.1, -0.05) is 48.2 Å². The molecule has 0 bridgehead atoms. The highest BCUT2D eigenvalue weighted by atomic mass is 32.2. The van der Waals surface area contributed by atoms with Crippen LogP contribution in [0.1, 0.15) is 17.0 Å². The minimum Gasteiger partial charge on any atom is -0.196 e. The van der Waals surface area contributed by atoms with Crippen molar-refractivity contribution < 1.29 is 0 Å². The lowest BCUT2D eigenvalue weighted by molar-refractivity contribution is 0.746. The van der Waals surface area contributed by atoms with Crippen LogP contribution in [0.25, 0.3) is 11.4 Å². The highest BCUT2D eigenvalue weighted by Crippen LogP contribution is 2.25. The number of aromatic nitrogens is 8. The molecule has 4 aromatic rings. The summed E-state index contributed by atoms with van der Waals surface area (Å²) < 4.78 is 3.49. The standard InChI is InChI=1S/C17H16N8S/c1-12-7-6-8-13(2)16(12)25-17(19-21-23-25)26-11-15-18-20-22-24(15)14-9-4-3-5-10-14/h3-10H,11H2,1-2H3. The lowest BCUT2D eigenvalue weighted by Gasteiger charge is -2.10. The van der Waals surface area contributed by atoms with Crippen molar-refractivity contribution in [3.8, 4) is 11.4 Å².